The summed E-state index contributed by atoms with van der Waals surface area (Å²) in [4.78, 5) is 2.59. The molecule has 0 spiro atoms. The summed E-state index contributed by atoms with van der Waals surface area (Å²) < 4.78 is 0. The van der Waals surface area contributed by atoms with Gasteiger partial charge in [0.25, 0.3) is 0 Å². The largest absolute Gasteiger partial charge is 0.371 e. The fourth-order valence-electron chi connectivity index (χ4n) is 3.87. The summed E-state index contributed by atoms with van der Waals surface area (Å²) in [5, 5.41) is 0. The van der Waals surface area contributed by atoms with Gasteiger partial charge >= 0.3 is 0 Å². The van der Waals surface area contributed by atoms with Crippen LogP contribution in [0.5, 0.6) is 0 Å². The van der Waals surface area contributed by atoms with Crippen LogP contribution < -0.4 is 4.90 Å². The van der Waals surface area contributed by atoms with Crippen LogP contribution in [0.3, 0.4) is 0 Å². The van der Waals surface area contributed by atoms with Crippen molar-refractivity contribution in [3.63, 3.8) is 0 Å². The Kier molecular flexibility index (Phi) is 7.31. The summed E-state index contributed by atoms with van der Waals surface area (Å²) in [5.74, 6) is 1.14. The molecule has 0 fully saturated rings. The summed E-state index contributed by atoms with van der Waals surface area (Å²) in [6.07, 6.45) is 2.33. The highest BCUT2D eigenvalue weighted by Gasteiger charge is 2.14. The highest BCUT2D eigenvalue weighted by molar-refractivity contribution is 5.53. The van der Waals surface area contributed by atoms with Gasteiger partial charge in [-0.25, -0.2) is 0 Å². The third-order valence-electron chi connectivity index (χ3n) is 5.86. The lowest BCUT2D eigenvalue weighted by Gasteiger charge is -2.29. The molecular formula is C27H33N. The van der Waals surface area contributed by atoms with Gasteiger partial charge in [0.15, 0.2) is 0 Å². The van der Waals surface area contributed by atoms with Crippen molar-refractivity contribution in [3.8, 4) is 0 Å². The quantitative estimate of drug-likeness (QED) is 0.385. The lowest BCUT2D eigenvalue weighted by molar-refractivity contribution is 0.605. The summed E-state index contributed by atoms with van der Waals surface area (Å²) in [6, 6.07) is 30.6. The first-order valence-corrected chi connectivity index (χ1v) is 10.6. The molecule has 0 aliphatic rings. The summed E-state index contributed by atoms with van der Waals surface area (Å²) >= 11 is 0. The molecule has 0 saturated carbocycles. The van der Waals surface area contributed by atoms with E-state index in [0.29, 0.717) is 11.8 Å². The molecule has 0 N–H and O–H groups in total. The minimum atomic E-state index is 0.569. The van der Waals surface area contributed by atoms with Crippen LogP contribution in [-0.4, -0.2) is 13.1 Å². The van der Waals surface area contributed by atoms with E-state index >= 15 is 0 Å². The molecule has 0 bridgehead atoms. The fourth-order valence-corrected chi connectivity index (χ4v) is 3.87. The van der Waals surface area contributed by atoms with E-state index in [-0.39, 0.29) is 0 Å². The Balaban J connectivity index is 1.68. The Morgan fingerprint density at radius 2 is 1.04 bits per heavy atom. The van der Waals surface area contributed by atoms with Crippen LogP contribution in [-0.2, 0) is 0 Å². The first kappa shape index (κ1) is 20.2. The molecule has 3 aromatic carbocycles. The van der Waals surface area contributed by atoms with Crippen molar-refractivity contribution in [3.05, 3.63) is 102 Å². The fraction of sp³-hybridized carbons (Fsp3) is 0.333. The number of para-hydroxylation sites is 1. The van der Waals surface area contributed by atoms with E-state index in [1.807, 2.05) is 0 Å². The molecule has 2 atom stereocenters. The van der Waals surface area contributed by atoms with Crippen molar-refractivity contribution in [2.24, 2.45) is 0 Å². The third kappa shape index (κ3) is 5.48. The molecular weight excluding hydrogens is 338 g/mol. The number of benzene rings is 3. The van der Waals surface area contributed by atoms with E-state index < -0.39 is 0 Å². The molecule has 0 aromatic heterocycles. The zero-order chi connectivity index (χ0) is 19.8. The third-order valence-corrected chi connectivity index (χ3v) is 5.86. The van der Waals surface area contributed by atoms with E-state index in [1.54, 1.807) is 0 Å². The average Bonchev–Trinajstić information content (AvgIpc) is 2.75. The topological polar surface area (TPSA) is 3.24 Å². The molecule has 0 aliphatic heterocycles. The first-order valence-electron chi connectivity index (χ1n) is 10.6. The van der Waals surface area contributed by atoms with Crippen molar-refractivity contribution < 1.29 is 0 Å². The van der Waals surface area contributed by atoms with E-state index in [4.69, 9.17) is 0 Å². The second-order valence-corrected chi connectivity index (χ2v) is 7.97. The predicted molar refractivity (Wildman–Crippen MR) is 122 cm³/mol. The minimum absolute atomic E-state index is 0.569. The van der Waals surface area contributed by atoms with Gasteiger partial charge in [-0.2, -0.15) is 0 Å². The van der Waals surface area contributed by atoms with Gasteiger partial charge in [-0.1, -0.05) is 92.7 Å². The number of nitrogens with zero attached hydrogens (tertiary/aromatic N) is 1. The van der Waals surface area contributed by atoms with Crippen LogP contribution in [0.2, 0.25) is 0 Å². The smallest absolute Gasteiger partial charge is 0.0395 e. The van der Waals surface area contributed by atoms with E-state index in [1.165, 1.54) is 22.4 Å². The summed E-state index contributed by atoms with van der Waals surface area (Å²) in [6.45, 7) is 9.09. The van der Waals surface area contributed by atoms with Crippen molar-refractivity contribution >= 4 is 5.69 Å². The molecule has 3 rings (SSSR count). The summed E-state index contributed by atoms with van der Waals surface area (Å²) in [7, 11) is 0. The van der Waals surface area contributed by atoms with Gasteiger partial charge < -0.3 is 4.90 Å². The van der Waals surface area contributed by atoms with Crippen molar-refractivity contribution in [2.45, 2.75) is 45.4 Å². The molecule has 146 valence electrons. The molecule has 0 radical (unpaired) electrons. The van der Waals surface area contributed by atoms with Crippen molar-refractivity contribution in [1.82, 2.24) is 0 Å². The van der Waals surface area contributed by atoms with Gasteiger partial charge in [0.05, 0.1) is 0 Å². The number of hydrogen-bond donors (Lipinski definition) is 0. The second kappa shape index (κ2) is 10.1. The zero-order valence-electron chi connectivity index (χ0n) is 17.5. The lowest BCUT2D eigenvalue weighted by Crippen LogP contribution is -2.28. The number of anilines is 1. The molecule has 28 heavy (non-hydrogen) atoms. The van der Waals surface area contributed by atoms with Crippen LogP contribution in [0, 0.1) is 6.92 Å². The molecule has 2 unspecified atom stereocenters. The molecule has 0 heterocycles. The Hall–Kier alpha value is -2.54. The normalized spacial score (nSPS) is 13.1. The summed E-state index contributed by atoms with van der Waals surface area (Å²) in [5.41, 5.74) is 5.61. The predicted octanol–water partition coefficient (Wildman–Crippen LogP) is 7.19. The Labute approximate surface area is 171 Å². The van der Waals surface area contributed by atoms with Crippen molar-refractivity contribution in [2.75, 3.05) is 18.0 Å². The van der Waals surface area contributed by atoms with Gasteiger partial charge in [-0.05, 0) is 54.4 Å². The first-order chi connectivity index (χ1) is 13.6. The van der Waals surface area contributed by atoms with Crippen molar-refractivity contribution in [1.29, 1.82) is 0 Å². The number of hydrogen-bond acceptors (Lipinski definition) is 1. The zero-order valence-corrected chi connectivity index (χ0v) is 17.5. The Morgan fingerprint density at radius 3 is 1.50 bits per heavy atom. The molecule has 1 nitrogen and oxygen atoms in total. The Morgan fingerprint density at radius 1 is 0.607 bits per heavy atom. The molecule has 3 aromatic rings. The van der Waals surface area contributed by atoms with Gasteiger partial charge in [0.1, 0.15) is 0 Å². The standard InChI is InChI=1S/C27H33N/c1-22(25-13-6-4-7-14-25)18-20-28(27-17-11-10-12-24(27)3)21-19-23(2)26-15-8-5-9-16-26/h4-17,22-23H,18-21H2,1-3H3. The van der Waals surface area contributed by atoms with Gasteiger partial charge in [-0.15, -0.1) is 0 Å². The van der Waals surface area contributed by atoms with Gasteiger partial charge in [0.2, 0.25) is 0 Å². The van der Waals surface area contributed by atoms with Crippen LogP contribution in [0.4, 0.5) is 5.69 Å². The SMILES string of the molecule is Cc1ccccc1N(CCC(C)c1ccccc1)CCC(C)c1ccccc1. The number of rotatable bonds is 9. The number of aryl methyl sites for hydroxylation is 1. The van der Waals surface area contributed by atoms with Gasteiger partial charge in [-0.3, -0.25) is 0 Å². The minimum Gasteiger partial charge on any atom is -0.371 e. The highest BCUT2D eigenvalue weighted by Crippen LogP contribution is 2.26. The van der Waals surface area contributed by atoms with Crippen LogP contribution in [0.15, 0.2) is 84.9 Å². The van der Waals surface area contributed by atoms with E-state index in [0.717, 1.165) is 25.9 Å². The maximum Gasteiger partial charge on any atom is 0.0395 e. The Bertz CT molecular complexity index is 776. The molecule has 0 aliphatic carbocycles. The molecule has 0 saturated heterocycles. The maximum absolute atomic E-state index is 2.59. The van der Waals surface area contributed by atoms with E-state index in [2.05, 4.69) is 111 Å². The van der Waals surface area contributed by atoms with Crippen LogP contribution >= 0.6 is 0 Å². The van der Waals surface area contributed by atoms with Crippen LogP contribution in [0.25, 0.3) is 0 Å². The van der Waals surface area contributed by atoms with E-state index in [9.17, 15) is 0 Å². The molecule has 1 heteroatoms. The average molecular weight is 372 g/mol. The monoisotopic (exact) mass is 371 g/mol. The molecule has 0 amide bonds. The van der Waals surface area contributed by atoms with Crippen LogP contribution in [0.1, 0.15) is 55.2 Å². The highest BCUT2D eigenvalue weighted by atomic mass is 15.1. The lowest BCUT2D eigenvalue weighted by atomic mass is 9.96. The second-order valence-electron chi connectivity index (χ2n) is 7.97. The van der Waals surface area contributed by atoms with Gasteiger partial charge in [0, 0.05) is 18.8 Å². The maximum atomic E-state index is 2.59.